The number of sulfonamides is 1. The maximum atomic E-state index is 13.3. The van der Waals surface area contributed by atoms with Crippen molar-refractivity contribution in [1.29, 1.82) is 0 Å². The quantitative estimate of drug-likeness (QED) is 0.753. The van der Waals surface area contributed by atoms with Crippen LogP contribution in [0.25, 0.3) is 0 Å². The van der Waals surface area contributed by atoms with Crippen LogP contribution in [-0.4, -0.2) is 56.3 Å². The standard InChI is InChI=1S/C23H29N3O3S/c1-19(27)26-14-5-9-21-17-22(10-11-23(21)26)30(28,29)25-13-6-12-24(15-16-25)18-20-7-3-2-4-8-20/h2-4,7-8,10-11,17H,5-6,9,12-16,18H2,1H3. The Bertz CT molecular complexity index is 1010. The number of benzene rings is 2. The third kappa shape index (κ3) is 4.43. The molecule has 160 valence electrons. The van der Waals surface area contributed by atoms with Crippen molar-refractivity contribution in [3.8, 4) is 0 Å². The third-order valence-corrected chi connectivity index (χ3v) is 7.88. The van der Waals surface area contributed by atoms with Crippen molar-refractivity contribution in [3.63, 3.8) is 0 Å². The fourth-order valence-corrected chi connectivity index (χ4v) is 5.92. The first-order valence-corrected chi connectivity index (χ1v) is 12.1. The van der Waals surface area contributed by atoms with E-state index in [1.807, 2.05) is 18.2 Å². The summed E-state index contributed by atoms with van der Waals surface area (Å²) in [6.07, 6.45) is 2.47. The first-order valence-electron chi connectivity index (χ1n) is 10.6. The van der Waals surface area contributed by atoms with E-state index in [4.69, 9.17) is 0 Å². The molecule has 2 aromatic carbocycles. The number of hydrogen-bond donors (Lipinski definition) is 0. The van der Waals surface area contributed by atoms with E-state index in [-0.39, 0.29) is 5.91 Å². The minimum atomic E-state index is -3.55. The van der Waals surface area contributed by atoms with E-state index in [9.17, 15) is 13.2 Å². The Morgan fingerprint density at radius 3 is 2.50 bits per heavy atom. The van der Waals surface area contributed by atoms with Crippen molar-refractivity contribution < 1.29 is 13.2 Å². The second-order valence-electron chi connectivity index (χ2n) is 8.08. The van der Waals surface area contributed by atoms with Gasteiger partial charge in [0.25, 0.3) is 0 Å². The van der Waals surface area contributed by atoms with Crippen LogP contribution in [0.15, 0.2) is 53.4 Å². The van der Waals surface area contributed by atoms with E-state index < -0.39 is 10.0 Å². The molecule has 0 saturated carbocycles. The summed E-state index contributed by atoms with van der Waals surface area (Å²) in [5.74, 6) is -0.00224. The molecule has 0 radical (unpaired) electrons. The van der Waals surface area contributed by atoms with Gasteiger partial charge in [-0.05, 0) is 55.1 Å². The lowest BCUT2D eigenvalue weighted by Gasteiger charge is -2.29. The first-order chi connectivity index (χ1) is 14.4. The van der Waals surface area contributed by atoms with E-state index in [2.05, 4.69) is 17.0 Å². The van der Waals surface area contributed by atoms with E-state index in [0.29, 0.717) is 24.5 Å². The van der Waals surface area contributed by atoms with Gasteiger partial charge in [-0.25, -0.2) is 8.42 Å². The number of amides is 1. The topological polar surface area (TPSA) is 60.9 Å². The predicted octanol–water partition coefficient (Wildman–Crippen LogP) is 2.88. The molecular weight excluding hydrogens is 398 g/mol. The van der Waals surface area contributed by atoms with Crippen molar-refractivity contribution in [2.45, 2.75) is 37.6 Å². The average molecular weight is 428 g/mol. The molecule has 2 heterocycles. The number of carbonyl (C=O) groups is 1. The normalized spacial score (nSPS) is 18.6. The van der Waals surface area contributed by atoms with Crippen LogP contribution in [0, 0.1) is 0 Å². The Kier molecular flexibility index (Phi) is 6.22. The molecule has 6 nitrogen and oxygen atoms in total. The van der Waals surface area contributed by atoms with Gasteiger partial charge in [0.15, 0.2) is 0 Å². The molecule has 7 heteroatoms. The fourth-order valence-electron chi connectivity index (χ4n) is 4.40. The highest BCUT2D eigenvalue weighted by Gasteiger charge is 2.29. The number of fused-ring (bicyclic) bond motifs is 1. The van der Waals surface area contributed by atoms with Crippen LogP contribution in [0.2, 0.25) is 0 Å². The van der Waals surface area contributed by atoms with E-state index in [1.54, 1.807) is 34.3 Å². The maximum Gasteiger partial charge on any atom is 0.243 e. The van der Waals surface area contributed by atoms with E-state index in [1.165, 1.54) is 5.56 Å². The van der Waals surface area contributed by atoms with Crippen LogP contribution in [0.5, 0.6) is 0 Å². The zero-order valence-corrected chi connectivity index (χ0v) is 18.3. The minimum absolute atomic E-state index is 0.00224. The van der Waals surface area contributed by atoms with Crippen LogP contribution in [-0.2, 0) is 27.8 Å². The van der Waals surface area contributed by atoms with Crippen LogP contribution in [0.1, 0.15) is 30.9 Å². The molecule has 0 spiro atoms. The smallest absolute Gasteiger partial charge is 0.243 e. The van der Waals surface area contributed by atoms with E-state index >= 15 is 0 Å². The molecule has 2 aromatic rings. The summed E-state index contributed by atoms with van der Waals surface area (Å²) >= 11 is 0. The third-order valence-electron chi connectivity index (χ3n) is 5.98. The van der Waals surface area contributed by atoms with Crippen molar-refractivity contribution in [2.75, 3.05) is 37.6 Å². The summed E-state index contributed by atoms with van der Waals surface area (Å²) in [7, 11) is -3.55. The number of anilines is 1. The van der Waals surface area contributed by atoms with Gasteiger partial charge in [0.05, 0.1) is 4.90 Å². The molecule has 1 saturated heterocycles. The summed E-state index contributed by atoms with van der Waals surface area (Å²) < 4.78 is 28.3. The molecule has 0 N–H and O–H groups in total. The SMILES string of the molecule is CC(=O)N1CCCc2cc(S(=O)(=O)N3CCCN(Cc4ccccc4)CC3)ccc21. The number of nitrogens with zero attached hydrogens (tertiary/aromatic N) is 3. The van der Waals surface area contributed by atoms with Crippen molar-refractivity contribution in [1.82, 2.24) is 9.21 Å². The number of rotatable bonds is 4. The molecule has 2 aliphatic heterocycles. The summed E-state index contributed by atoms with van der Waals surface area (Å²) in [6.45, 7) is 5.72. The van der Waals surface area contributed by atoms with Crippen molar-refractivity contribution in [2.24, 2.45) is 0 Å². The van der Waals surface area contributed by atoms with Gasteiger partial charge in [0.2, 0.25) is 15.9 Å². The second kappa shape index (κ2) is 8.88. The highest BCUT2D eigenvalue weighted by atomic mass is 32.2. The Balaban J connectivity index is 1.49. The molecule has 30 heavy (non-hydrogen) atoms. The lowest BCUT2D eigenvalue weighted by molar-refractivity contribution is -0.116. The summed E-state index contributed by atoms with van der Waals surface area (Å²) in [4.78, 5) is 16.3. The van der Waals surface area contributed by atoms with Crippen LogP contribution in [0.3, 0.4) is 0 Å². The number of aryl methyl sites for hydroxylation is 1. The molecule has 0 unspecified atom stereocenters. The lowest BCUT2D eigenvalue weighted by atomic mass is 10.0. The number of hydrogen-bond acceptors (Lipinski definition) is 4. The zero-order valence-electron chi connectivity index (χ0n) is 17.5. The fraction of sp³-hybridized carbons (Fsp3) is 0.435. The highest BCUT2D eigenvalue weighted by molar-refractivity contribution is 7.89. The lowest BCUT2D eigenvalue weighted by Crippen LogP contribution is -2.36. The van der Waals surface area contributed by atoms with Gasteiger partial charge in [-0.3, -0.25) is 9.69 Å². The van der Waals surface area contributed by atoms with E-state index in [0.717, 1.165) is 50.1 Å². The predicted molar refractivity (Wildman–Crippen MR) is 118 cm³/mol. The van der Waals surface area contributed by atoms with Gasteiger partial charge in [0.1, 0.15) is 0 Å². The molecule has 0 atom stereocenters. The molecule has 0 bridgehead atoms. The first kappa shape index (κ1) is 21.0. The van der Waals surface area contributed by atoms with Crippen LogP contribution >= 0.6 is 0 Å². The summed E-state index contributed by atoms with van der Waals surface area (Å²) in [5.41, 5.74) is 3.04. The molecular formula is C23H29N3O3S. The molecule has 1 fully saturated rings. The molecule has 0 aliphatic carbocycles. The van der Waals surface area contributed by atoms with Crippen molar-refractivity contribution in [3.05, 3.63) is 59.7 Å². The second-order valence-corrected chi connectivity index (χ2v) is 10.0. The molecule has 4 rings (SSSR count). The van der Waals surface area contributed by atoms with Gasteiger partial charge in [-0.15, -0.1) is 0 Å². The van der Waals surface area contributed by atoms with Gasteiger partial charge in [0, 0.05) is 45.3 Å². The van der Waals surface area contributed by atoms with Crippen LogP contribution in [0.4, 0.5) is 5.69 Å². The summed E-state index contributed by atoms with van der Waals surface area (Å²) in [5, 5.41) is 0. The highest BCUT2D eigenvalue weighted by Crippen LogP contribution is 2.30. The van der Waals surface area contributed by atoms with Crippen LogP contribution < -0.4 is 4.90 Å². The largest absolute Gasteiger partial charge is 0.312 e. The van der Waals surface area contributed by atoms with Crippen molar-refractivity contribution >= 4 is 21.6 Å². The van der Waals surface area contributed by atoms with Gasteiger partial charge in [-0.2, -0.15) is 4.31 Å². The van der Waals surface area contributed by atoms with Gasteiger partial charge < -0.3 is 4.90 Å². The Morgan fingerprint density at radius 2 is 1.73 bits per heavy atom. The Morgan fingerprint density at radius 1 is 0.933 bits per heavy atom. The zero-order chi connectivity index (χ0) is 21.1. The Hall–Kier alpha value is -2.22. The average Bonchev–Trinajstić information content (AvgIpc) is 2.99. The van der Waals surface area contributed by atoms with Gasteiger partial charge >= 0.3 is 0 Å². The summed E-state index contributed by atoms with van der Waals surface area (Å²) in [6, 6.07) is 15.5. The Labute approximate surface area is 179 Å². The van der Waals surface area contributed by atoms with Gasteiger partial charge in [-0.1, -0.05) is 30.3 Å². The molecule has 0 aromatic heterocycles. The maximum absolute atomic E-state index is 13.3. The number of carbonyl (C=O) groups excluding carboxylic acids is 1. The monoisotopic (exact) mass is 427 g/mol. The molecule has 1 amide bonds. The minimum Gasteiger partial charge on any atom is -0.312 e. The molecule has 2 aliphatic rings.